The first-order valence-electron chi connectivity index (χ1n) is 10.5. The summed E-state index contributed by atoms with van der Waals surface area (Å²) >= 11 is 0. The number of piperazine rings is 1. The topological polar surface area (TPSA) is 28.2 Å². The van der Waals surface area contributed by atoms with Crippen molar-refractivity contribution in [2.75, 3.05) is 78.7 Å². The third-order valence-electron chi connectivity index (χ3n) is 4.93. The molecule has 0 atom stereocenters. The number of ether oxygens (including phenoxy) is 2. The summed E-state index contributed by atoms with van der Waals surface area (Å²) in [5.41, 5.74) is 0.658. The molecule has 154 valence electrons. The molecule has 0 aromatic heterocycles. The summed E-state index contributed by atoms with van der Waals surface area (Å²) in [6.45, 7) is 26.3. The van der Waals surface area contributed by atoms with Crippen LogP contribution in [0.2, 0.25) is 0 Å². The van der Waals surface area contributed by atoms with Crippen molar-refractivity contribution < 1.29 is 9.47 Å². The van der Waals surface area contributed by atoms with Crippen molar-refractivity contribution in [1.29, 1.82) is 0 Å². The van der Waals surface area contributed by atoms with Gasteiger partial charge in [-0.3, -0.25) is 14.7 Å². The Labute approximate surface area is 162 Å². The van der Waals surface area contributed by atoms with Gasteiger partial charge in [-0.25, -0.2) is 0 Å². The van der Waals surface area contributed by atoms with Gasteiger partial charge in [0.25, 0.3) is 0 Å². The van der Waals surface area contributed by atoms with E-state index < -0.39 is 0 Å². The van der Waals surface area contributed by atoms with Crippen LogP contribution in [0.15, 0.2) is 0 Å². The maximum atomic E-state index is 6.05. The summed E-state index contributed by atoms with van der Waals surface area (Å²) < 4.78 is 11.8. The minimum absolute atomic E-state index is 0.267. The fraction of sp³-hybridized carbons (Fsp3) is 1.00. The van der Waals surface area contributed by atoms with Gasteiger partial charge in [-0.05, 0) is 10.8 Å². The van der Waals surface area contributed by atoms with E-state index in [1.807, 2.05) is 0 Å². The fourth-order valence-electron chi connectivity index (χ4n) is 3.58. The molecule has 0 saturated carbocycles. The molecule has 2 aliphatic rings. The van der Waals surface area contributed by atoms with E-state index in [1.54, 1.807) is 0 Å². The van der Waals surface area contributed by atoms with Crippen LogP contribution in [0.3, 0.4) is 0 Å². The highest BCUT2D eigenvalue weighted by molar-refractivity contribution is 4.84. The van der Waals surface area contributed by atoms with E-state index >= 15 is 0 Å². The Morgan fingerprint density at radius 2 is 1.27 bits per heavy atom. The van der Waals surface area contributed by atoms with Crippen LogP contribution >= 0.6 is 0 Å². The predicted molar refractivity (Wildman–Crippen MR) is 109 cm³/mol. The van der Waals surface area contributed by atoms with Gasteiger partial charge >= 0.3 is 0 Å². The van der Waals surface area contributed by atoms with E-state index in [4.69, 9.17) is 9.47 Å². The molecule has 0 aromatic carbocycles. The second-order valence-corrected chi connectivity index (χ2v) is 10.5. The second-order valence-electron chi connectivity index (χ2n) is 10.5. The smallest absolute Gasteiger partial charge is 0.0829 e. The van der Waals surface area contributed by atoms with Crippen LogP contribution in [0.5, 0.6) is 0 Å². The molecule has 0 spiro atoms. The van der Waals surface area contributed by atoms with Crippen LogP contribution in [0, 0.1) is 10.8 Å². The summed E-state index contributed by atoms with van der Waals surface area (Å²) in [6.07, 6.45) is 0.457. The highest BCUT2D eigenvalue weighted by atomic mass is 16.5. The summed E-state index contributed by atoms with van der Waals surface area (Å²) in [4.78, 5) is 7.57. The first-order valence-corrected chi connectivity index (χ1v) is 10.5. The van der Waals surface area contributed by atoms with Gasteiger partial charge in [0, 0.05) is 58.9 Å². The zero-order valence-electron chi connectivity index (χ0n) is 18.2. The van der Waals surface area contributed by atoms with Crippen molar-refractivity contribution in [2.24, 2.45) is 10.8 Å². The standard InChI is InChI=1S/C21H43N3O2/c1-20(2,3)17-24-15-19(16-24)26-14-12-23-9-7-22(8-10-23)11-13-25-18-21(4,5)6/h19H,7-18H2,1-6H3. The van der Waals surface area contributed by atoms with Crippen molar-refractivity contribution in [3.63, 3.8) is 0 Å². The number of hydrogen-bond acceptors (Lipinski definition) is 5. The lowest BCUT2D eigenvalue weighted by molar-refractivity contribution is -0.0701. The largest absolute Gasteiger partial charge is 0.380 e. The van der Waals surface area contributed by atoms with Crippen LogP contribution < -0.4 is 0 Å². The third kappa shape index (κ3) is 9.14. The molecule has 0 N–H and O–H groups in total. The predicted octanol–water partition coefficient (Wildman–Crippen LogP) is 2.41. The molecule has 2 aliphatic heterocycles. The molecule has 0 unspecified atom stereocenters. The molecular formula is C21H43N3O2. The van der Waals surface area contributed by atoms with Crippen molar-refractivity contribution in [1.82, 2.24) is 14.7 Å². The van der Waals surface area contributed by atoms with E-state index in [9.17, 15) is 0 Å². The number of likely N-dealkylation sites (tertiary alicyclic amines) is 1. The molecule has 2 heterocycles. The van der Waals surface area contributed by atoms with Gasteiger partial charge in [0.05, 0.1) is 25.9 Å². The van der Waals surface area contributed by atoms with Crippen LogP contribution in [0.25, 0.3) is 0 Å². The molecule has 2 saturated heterocycles. The average Bonchev–Trinajstić information content (AvgIpc) is 2.48. The normalized spacial score (nSPS) is 21.9. The van der Waals surface area contributed by atoms with Crippen LogP contribution in [-0.4, -0.2) is 99.5 Å². The second kappa shape index (κ2) is 9.83. The SMILES string of the molecule is CC(C)(C)COCCN1CCN(CCOC2CN(CC(C)(C)C)C2)CC1. The Hall–Kier alpha value is -0.200. The molecule has 2 rings (SSSR count). The van der Waals surface area contributed by atoms with E-state index in [-0.39, 0.29) is 5.41 Å². The Bertz CT molecular complexity index is 389. The lowest BCUT2D eigenvalue weighted by Crippen LogP contribution is -2.55. The lowest BCUT2D eigenvalue weighted by atomic mass is 9.94. The minimum Gasteiger partial charge on any atom is -0.380 e. The van der Waals surface area contributed by atoms with E-state index in [1.165, 1.54) is 6.54 Å². The first kappa shape index (κ1) is 22.1. The monoisotopic (exact) mass is 369 g/mol. The summed E-state index contributed by atoms with van der Waals surface area (Å²) in [5.74, 6) is 0. The molecule has 26 heavy (non-hydrogen) atoms. The maximum absolute atomic E-state index is 6.05. The van der Waals surface area contributed by atoms with Gasteiger partial charge in [-0.15, -0.1) is 0 Å². The highest BCUT2D eigenvalue weighted by Gasteiger charge is 2.30. The van der Waals surface area contributed by atoms with Crippen LogP contribution in [-0.2, 0) is 9.47 Å². The average molecular weight is 370 g/mol. The molecule has 0 bridgehead atoms. The molecule has 0 aliphatic carbocycles. The lowest BCUT2D eigenvalue weighted by Gasteiger charge is -2.42. The van der Waals surface area contributed by atoms with Gasteiger partial charge in [0.15, 0.2) is 0 Å². The molecule has 0 amide bonds. The quantitative estimate of drug-likeness (QED) is 0.582. The van der Waals surface area contributed by atoms with Crippen molar-refractivity contribution in [2.45, 2.75) is 47.6 Å². The van der Waals surface area contributed by atoms with Gasteiger partial charge in [0.1, 0.15) is 0 Å². The molecular weight excluding hydrogens is 326 g/mol. The zero-order chi connectivity index (χ0) is 19.2. The fourth-order valence-corrected chi connectivity index (χ4v) is 3.58. The highest BCUT2D eigenvalue weighted by Crippen LogP contribution is 2.20. The van der Waals surface area contributed by atoms with Crippen molar-refractivity contribution >= 4 is 0 Å². The Balaban J connectivity index is 1.45. The van der Waals surface area contributed by atoms with Gasteiger partial charge < -0.3 is 9.47 Å². The molecule has 5 nitrogen and oxygen atoms in total. The van der Waals surface area contributed by atoms with Gasteiger partial charge in [-0.2, -0.15) is 0 Å². The van der Waals surface area contributed by atoms with Crippen LogP contribution in [0.4, 0.5) is 0 Å². The van der Waals surface area contributed by atoms with Gasteiger partial charge in [0.2, 0.25) is 0 Å². The molecule has 0 aromatic rings. The number of nitrogens with zero attached hydrogens (tertiary/aromatic N) is 3. The Morgan fingerprint density at radius 3 is 1.77 bits per heavy atom. The molecule has 2 fully saturated rings. The van der Waals surface area contributed by atoms with Gasteiger partial charge in [-0.1, -0.05) is 41.5 Å². The maximum Gasteiger partial charge on any atom is 0.0829 e. The minimum atomic E-state index is 0.267. The zero-order valence-corrected chi connectivity index (χ0v) is 18.2. The molecule has 5 heteroatoms. The van der Waals surface area contributed by atoms with E-state index in [2.05, 4.69) is 56.2 Å². The van der Waals surface area contributed by atoms with E-state index in [0.717, 1.165) is 72.2 Å². The van der Waals surface area contributed by atoms with E-state index in [0.29, 0.717) is 11.5 Å². The Morgan fingerprint density at radius 1 is 0.731 bits per heavy atom. The van der Waals surface area contributed by atoms with Crippen molar-refractivity contribution in [3.8, 4) is 0 Å². The summed E-state index contributed by atoms with van der Waals surface area (Å²) in [5, 5.41) is 0. The van der Waals surface area contributed by atoms with Crippen LogP contribution in [0.1, 0.15) is 41.5 Å². The Kier molecular flexibility index (Phi) is 8.35. The van der Waals surface area contributed by atoms with Crippen molar-refractivity contribution in [3.05, 3.63) is 0 Å². The number of rotatable bonds is 9. The number of hydrogen-bond donors (Lipinski definition) is 0. The summed E-state index contributed by atoms with van der Waals surface area (Å²) in [6, 6.07) is 0. The summed E-state index contributed by atoms with van der Waals surface area (Å²) in [7, 11) is 0. The third-order valence-corrected chi connectivity index (χ3v) is 4.93. The first-order chi connectivity index (χ1) is 12.1. The molecule has 0 radical (unpaired) electrons.